The summed E-state index contributed by atoms with van der Waals surface area (Å²) < 4.78 is 0. The van der Waals surface area contributed by atoms with Gasteiger partial charge in [0.15, 0.2) is 0 Å². The summed E-state index contributed by atoms with van der Waals surface area (Å²) in [4.78, 5) is 7.43. The lowest BCUT2D eigenvalue weighted by Crippen LogP contribution is -2.51. The van der Waals surface area contributed by atoms with Gasteiger partial charge in [-0.2, -0.15) is 0 Å². The Morgan fingerprint density at radius 3 is 1.68 bits per heavy atom. The monoisotopic (exact) mass is 316 g/mol. The fraction of sp³-hybridized carbons (Fsp3) is 1.00. The molecule has 2 aliphatic rings. The second kappa shape index (κ2) is 12.3. The zero-order valence-electron chi connectivity index (χ0n) is 14.5. The Labute approximate surface area is 141 Å². The van der Waals surface area contributed by atoms with Gasteiger partial charge in [-0.15, -0.1) is 0 Å². The van der Waals surface area contributed by atoms with E-state index >= 15 is 0 Å². The van der Waals surface area contributed by atoms with Crippen molar-refractivity contribution in [2.75, 3.05) is 52.9 Å². The van der Waals surface area contributed by atoms with E-state index in [9.17, 15) is 0 Å². The van der Waals surface area contributed by atoms with Crippen LogP contribution in [0.2, 0.25) is 0 Å². The summed E-state index contributed by atoms with van der Waals surface area (Å²) in [6.07, 6.45) is 0. The van der Waals surface area contributed by atoms with Crippen LogP contribution in [0.3, 0.4) is 0 Å². The van der Waals surface area contributed by atoms with Gasteiger partial charge >= 0.3 is 0 Å². The number of nitrogens with zero attached hydrogens (tertiary/aromatic N) is 3. The van der Waals surface area contributed by atoms with Gasteiger partial charge in [-0.3, -0.25) is 9.80 Å². The van der Waals surface area contributed by atoms with E-state index in [1.807, 2.05) is 0 Å². The summed E-state index contributed by atoms with van der Waals surface area (Å²) in [5, 5.41) is 3.43. The Morgan fingerprint density at radius 1 is 0.818 bits per heavy atom. The Kier molecular flexibility index (Phi) is 13.5. The molecule has 0 aromatic carbocycles. The number of piperazine rings is 2. The van der Waals surface area contributed by atoms with Gasteiger partial charge in [-0.25, -0.2) is 0 Å². The molecular weight excluding hydrogens is 272 g/mol. The molecule has 0 saturated carbocycles. The molecule has 0 aliphatic carbocycles. The second-order valence-corrected chi connectivity index (χ2v) is 6.88. The molecule has 2 fully saturated rings. The first-order valence-electron chi connectivity index (χ1n) is 8.30. The molecule has 2 saturated heterocycles. The zero-order valence-corrected chi connectivity index (χ0v) is 14.5. The van der Waals surface area contributed by atoms with Crippen LogP contribution in [-0.4, -0.2) is 85.7 Å². The maximum Gasteiger partial charge on any atom is 0.0167 e. The van der Waals surface area contributed by atoms with Crippen molar-refractivity contribution in [2.24, 2.45) is 0 Å². The van der Waals surface area contributed by atoms with Gasteiger partial charge in [0.1, 0.15) is 0 Å². The Hall–Kier alpha value is -0.160. The average molecular weight is 317 g/mol. The standard InChI is InChI=1S/2C8H18N2.2CH4/c1-8(2)10-6-4-9(3)5-7-10;1-7(2)10-5-4-9-8(3)6-10;;/h8H,4-7H2,1-3H3;7-9H,4-6H2,1-3H3;2*1H4. The first-order valence-corrected chi connectivity index (χ1v) is 8.30. The zero-order chi connectivity index (χ0) is 15.1. The molecule has 2 rings (SSSR count). The fourth-order valence-corrected chi connectivity index (χ4v) is 2.77. The molecule has 1 unspecified atom stereocenters. The number of rotatable bonds is 2. The Balaban J connectivity index is 0. The molecule has 0 aromatic rings. The lowest BCUT2D eigenvalue weighted by Gasteiger charge is -2.34. The summed E-state index contributed by atoms with van der Waals surface area (Å²) in [6, 6.07) is 2.12. The van der Waals surface area contributed by atoms with E-state index in [0.717, 1.165) is 12.6 Å². The van der Waals surface area contributed by atoms with Crippen molar-refractivity contribution < 1.29 is 0 Å². The van der Waals surface area contributed by atoms with E-state index in [4.69, 9.17) is 0 Å². The molecule has 2 heterocycles. The topological polar surface area (TPSA) is 21.8 Å². The summed E-state index contributed by atoms with van der Waals surface area (Å²) in [7, 11) is 2.19. The predicted molar refractivity (Wildman–Crippen MR) is 102 cm³/mol. The molecular formula is C18H44N4. The number of nitrogens with one attached hydrogen (secondary N) is 1. The van der Waals surface area contributed by atoms with Crippen molar-refractivity contribution in [3.8, 4) is 0 Å². The van der Waals surface area contributed by atoms with Gasteiger partial charge in [-0.1, -0.05) is 14.9 Å². The van der Waals surface area contributed by atoms with Crippen molar-refractivity contribution in [3.63, 3.8) is 0 Å². The van der Waals surface area contributed by atoms with Crippen LogP contribution in [0.1, 0.15) is 49.5 Å². The van der Waals surface area contributed by atoms with Crippen LogP contribution in [0.4, 0.5) is 0 Å². The maximum absolute atomic E-state index is 3.43. The first-order chi connectivity index (χ1) is 9.40. The quantitative estimate of drug-likeness (QED) is 0.845. The third-order valence-corrected chi connectivity index (χ3v) is 4.40. The molecule has 0 amide bonds. The molecule has 4 nitrogen and oxygen atoms in total. The van der Waals surface area contributed by atoms with E-state index in [1.165, 1.54) is 39.3 Å². The van der Waals surface area contributed by atoms with Gasteiger partial charge in [0.2, 0.25) is 0 Å². The van der Waals surface area contributed by atoms with Crippen LogP contribution >= 0.6 is 0 Å². The summed E-state index contributed by atoms with van der Waals surface area (Å²) >= 11 is 0. The summed E-state index contributed by atoms with van der Waals surface area (Å²) in [5.41, 5.74) is 0. The highest BCUT2D eigenvalue weighted by atomic mass is 15.3. The smallest absolute Gasteiger partial charge is 0.0167 e. The van der Waals surface area contributed by atoms with E-state index in [1.54, 1.807) is 0 Å². The highest BCUT2D eigenvalue weighted by Crippen LogP contribution is 2.03. The summed E-state index contributed by atoms with van der Waals surface area (Å²) in [5.74, 6) is 0. The molecule has 1 N–H and O–H groups in total. The Morgan fingerprint density at radius 2 is 1.32 bits per heavy atom. The highest BCUT2D eigenvalue weighted by Gasteiger charge is 2.17. The Bertz CT molecular complexity index is 247. The van der Waals surface area contributed by atoms with Crippen LogP contribution < -0.4 is 5.32 Å². The van der Waals surface area contributed by atoms with Gasteiger partial charge in [0, 0.05) is 63.9 Å². The molecule has 0 bridgehead atoms. The van der Waals surface area contributed by atoms with Crippen molar-refractivity contribution >= 4 is 0 Å². The third-order valence-electron chi connectivity index (χ3n) is 4.40. The van der Waals surface area contributed by atoms with E-state index in [-0.39, 0.29) is 14.9 Å². The van der Waals surface area contributed by atoms with Crippen LogP contribution in [-0.2, 0) is 0 Å². The molecule has 4 heteroatoms. The fourth-order valence-electron chi connectivity index (χ4n) is 2.77. The highest BCUT2D eigenvalue weighted by molar-refractivity contribution is 4.76. The molecule has 0 spiro atoms. The first kappa shape index (κ1) is 24.1. The van der Waals surface area contributed by atoms with Gasteiger partial charge in [-0.05, 0) is 41.7 Å². The van der Waals surface area contributed by atoms with Crippen molar-refractivity contribution in [2.45, 2.75) is 67.6 Å². The maximum atomic E-state index is 3.43. The van der Waals surface area contributed by atoms with Crippen molar-refractivity contribution in [3.05, 3.63) is 0 Å². The summed E-state index contributed by atoms with van der Waals surface area (Å²) in [6.45, 7) is 19.8. The van der Waals surface area contributed by atoms with E-state index in [0.29, 0.717) is 12.1 Å². The van der Waals surface area contributed by atoms with Gasteiger partial charge in [0.25, 0.3) is 0 Å². The van der Waals surface area contributed by atoms with E-state index < -0.39 is 0 Å². The average Bonchev–Trinajstić information content (AvgIpc) is 2.40. The van der Waals surface area contributed by atoms with Crippen LogP contribution in [0.15, 0.2) is 0 Å². The van der Waals surface area contributed by atoms with Crippen molar-refractivity contribution in [1.82, 2.24) is 20.0 Å². The molecule has 1 atom stereocenters. The number of likely N-dealkylation sites (N-methyl/N-ethyl adjacent to an activating group) is 1. The van der Waals surface area contributed by atoms with Crippen LogP contribution in [0.25, 0.3) is 0 Å². The molecule has 0 aromatic heterocycles. The number of hydrogen-bond donors (Lipinski definition) is 1. The largest absolute Gasteiger partial charge is 0.312 e. The molecule has 22 heavy (non-hydrogen) atoms. The van der Waals surface area contributed by atoms with Crippen LogP contribution in [0.5, 0.6) is 0 Å². The van der Waals surface area contributed by atoms with Crippen molar-refractivity contribution in [1.29, 1.82) is 0 Å². The lowest BCUT2D eigenvalue weighted by atomic mass is 10.2. The molecule has 2 aliphatic heterocycles. The SMILES string of the molecule is C.C.CC(C)N1CCN(C)CC1.CC1CN(C(C)C)CCN1. The lowest BCUT2D eigenvalue weighted by molar-refractivity contribution is 0.126. The number of hydrogen-bond acceptors (Lipinski definition) is 4. The van der Waals surface area contributed by atoms with Gasteiger partial charge in [0.05, 0.1) is 0 Å². The minimum Gasteiger partial charge on any atom is -0.312 e. The molecule has 0 radical (unpaired) electrons. The minimum absolute atomic E-state index is 0. The minimum atomic E-state index is 0. The van der Waals surface area contributed by atoms with Crippen LogP contribution in [0, 0.1) is 0 Å². The normalized spacial score (nSPS) is 24.3. The molecule has 136 valence electrons. The third kappa shape index (κ3) is 9.09. The van der Waals surface area contributed by atoms with Gasteiger partial charge < -0.3 is 10.2 Å². The second-order valence-electron chi connectivity index (χ2n) is 6.88. The predicted octanol–water partition coefficient (Wildman–Crippen LogP) is 2.60. The van der Waals surface area contributed by atoms with E-state index in [2.05, 4.69) is 61.7 Å².